The highest BCUT2D eigenvalue weighted by molar-refractivity contribution is 7.98. The lowest BCUT2D eigenvalue weighted by molar-refractivity contribution is -0.137. The summed E-state index contributed by atoms with van der Waals surface area (Å²) >= 11 is 1.35. The molecule has 0 spiro atoms. The molecule has 0 radical (unpaired) electrons. The van der Waals surface area contributed by atoms with Crippen LogP contribution in [-0.4, -0.2) is 22.3 Å². The summed E-state index contributed by atoms with van der Waals surface area (Å²) in [5.41, 5.74) is 1.73. The van der Waals surface area contributed by atoms with Crippen molar-refractivity contribution in [2.24, 2.45) is 0 Å². The number of thioether (sulfide) groups is 1. The van der Waals surface area contributed by atoms with E-state index in [1.54, 1.807) is 10.6 Å². The average Bonchev–Trinajstić information content (AvgIpc) is 3.22. The Morgan fingerprint density at radius 1 is 1.21 bits per heavy atom. The predicted molar refractivity (Wildman–Crippen MR) is 105 cm³/mol. The fraction of sp³-hybridized carbons (Fsp3) is 0.524. The fourth-order valence-electron chi connectivity index (χ4n) is 4.04. The van der Waals surface area contributed by atoms with Gasteiger partial charge in [-0.15, -0.1) is 11.8 Å². The van der Waals surface area contributed by atoms with Crippen molar-refractivity contribution in [2.45, 2.75) is 68.1 Å². The minimum atomic E-state index is -4.36. The molecule has 4 rings (SSSR count). The maximum absolute atomic E-state index is 12.9. The molecule has 2 heterocycles. The van der Waals surface area contributed by atoms with E-state index in [1.165, 1.54) is 17.8 Å². The lowest BCUT2D eigenvalue weighted by Crippen LogP contribution is -2.33. The molecule has 1 fully saturated rings. The van der Waals surface area contributed by atoms with E-state index in [0.717, 1.165) is 68.5 Å². The first kappa shape index (κ1) is 20.5. The van der Waals surface area contributed by atoms with Crippen molar-refractivity contribution in [3.8, 4) is 0 Å². The molecule has 1 aliphatic carbocycles. The summed E-state index contributed by atoms with van der Waals surface area (Å²) in [7, 11) is 0. The second kappa shape index (κ2) is 8.52. The summed E-state index contributed by atoms with van der Waals surface area (Å²) in [6.45, 7) is 1.27. The Labute approximate surface area is 171 Å². The number of halogens is 3. The van der Waals surface area contributed by atoms with Gasteiger partial charge in [-0.2, -0.15) is 18.2 Å². The number of nitrogens with zero attached hydrogens (tertiary/aromatic N) is 2. The minimum Gasteiger partial charge on any atom is -0.376 e. The average molecular weight is 424 g/mol. The number of alkyl halides is 3. The predicted octanol–water partition coefficient (Wildman–Crippen LogP) is 4.61. The van der Waals surface area contributed by atoms with Crippen molar-refractivity contribution in [1.82, 2.24) is 9.55 Å². The molecule has 8 heteroatoms. The zero-order valence-electron chi connectivity index (χ0n) is 16.0. The summed E-state index contributed by atoms with van der Waals surface area (Å²) in [6, 6.07) is 5.33. The highest BCUT2D eigenvalue weighted by Crippen LogP contribution is 2.33. The molecule has 1 aliphatic heterocycles. The molecule has 1 saturated heterocycles. The van der Waals surface area contributed by atoms with Crippen LogP contribution in [0.15, 0.2) is 34.1 Å². The molecular weight excluding hydrogens is 401 g/mol. The van der Waals surface area contributed by atoms with Crippen LogP contribution < -0.4 is 5.69 Å². The summed E-state index contributed by atoms with van der Waals surface area (Å²) < 4.78 is 46.3. The van der Waals surface area contributed by atoms with Crippen LogP contribution in [0.1, 0.15) is 48.1 Å². The third-order valence-electron chi connectivity index (χ3n) is 5.49. The number of ether oxygens (including phenoxy) is 1. The van der Waals surface area contributed by atoms with Gasteiger partial charge >= 0.3 is 11.9 Å². The lowest BCUT2D eigenvalue weighted by Gasteiger charge is -2.24. The smallest absolute Gasteiger partial charge is 0.376 e. The van der Waals surface area contributed by atoms with Crippen LogP contribution in [0.3, 0.4) is 0 Å². The molecule has 1 atom stereocenters. The van der Waals surface area contributed by atoms with Gasteiger partial charge in [-0.1, -0.05) is 18.2 Å². The van der Waals surface area contributed by atoms with E-state index in [1.807, 2.05) is 0 Å². The van der Waals surface area contributed by atoms with Crippen LogP contribution in [0.5, 0.6) is 0 Å². The van der Waals surface area contributed by atoms with Gasteiger partial charge in [0.25, 0.3) is 0 Å². The molecule has 1 aromatic heterocycles. The second-order valence-corrected chi connectivity index (χ2v) is 8.53. The highest BCUT2D eigenvalue weighted by Gasteiger charge is 2.30. The first-order chi connectivity index (χ1) is 13.9. The zero-order chi connectivity index (χ0) is 20.4. The Morgan fingerprint density at radius 2 is 2.03 bits per heavy atom. The summed E-state index contributed by atoms with van der Waals surface area (Å²) in [5, 5.41) is 0.658. The third-order valence-corrected chi connectivity index (χ3v) is 6.58. The summed E-state index contributed by atoms with van der Waals surface area (Å²) in [6.07, 6.45) is 1.40. The van der Waals surface area contributed by atoms with Crippen LogP contribution in [-0.2, 0) is 36.1 Å². The largest absolute Gasteiger partial charge is 0.416 e. The molecule has 2 aromatic rings. The Kier molecular flexibility index (Phi) is 6.01. The molecule has 4 nitrogen and oxygen atoms in total. The van der Waals surface area contributed by atoms with Crippen molar-refractivity contribution in [3.05, 3.63) is 57.1 Å². The Balaban J connectivity index is 1.58. The van der Waals surface area contributed by atoms with Crippen LogP contribution in [0, 0.1) is 0 Å². The van der Waals surface area contributed by atoms with Crippen molar-refractivity contribution in [1.29, 1.82) is 0 Å². The van der Waals surface area contributed by atoms with E-state index >= 15 is 0 Å². The number of aromatic nitrogens is 2. The van der Waals surface area contributed by atoms with Crippen molar-refractivity contribution < 1.29 is 17.9 Å². The Hall–Kier alpha value is -1.80. The Morgan fingerprint density at radius 3 is 2.79 bits per heavy atom. The maximum atomic E-state index is 12.9. The first-order valence-corrected chi connectivity index (χ1v) is 10.9. The molecule has 0 amide bonds. The third kappa shape index (κ3) is 4.69. The van der Waals surface area contributed by atoms with Gasteiger partial charge in [-0.3, -0.25) is 4.57 Å². The molecule has 1 unspecified atom stereocenters. The number of fused-ring (bicyclic) bond motifs is 1. The van der Waals surface area contributed by atoms with Crippen LogP contribution in [0.4, 0.5) is 13.2 Å². The van der Waals surface area contributed by atoms with Gasteiger partial charge < -0.3 is 4.74 Å². The molecule has 0 saturated carbocycles. The van der Waals surface area contributed by atoms with Crippen LogP contribution >= 0.6 is 11.8 Å². The zero-order valence-corrected chi connectivity index (χ0v) is 16.8. The van der Waals surface area contributed by atoms with E-state index in [4.69, 9.17) is 4.74 Å². The summed E-state index contributed by atoms with van der Waals surface area (Å²) in [4.78, 5) is 17.0. The minimum absolute atomic E-state index is 0.0594. The normalized spacial score (nSPS) is 19.3. The molecule has 1 aromatic carbocycles. The molecule has 0 bridgehead atoms. The monoisotopic (exact) mass is 424 g/mol. The van der Waals surface area contributed by atoms with Crippen molar-refractivity contribution >= 4 is 11.8 Å². The second-order valence-electron chi connectivity index (χ2n) is 7.56. The maximum Gasteiger partial charge on any atom is 0.416 e. The first-order valence-electron chi connectivity index (χ1n) is 9.95. The van der Waals surface area contributed by atoms with E-state index in [0.29, 0.717) is 22.9 Å². The van der Waals surface area contributed by atoms with Gasteiger partial charge in [0, 0.05) is 23.6 Å². The Bertz CT molecular complexity index is 936. The number of benzene rings is 1. The van der Waals surface area contributed by atoms with E-state index < -0.39 is 11.7 Å². The fourth-order valence-corrected chi connectivity index (χ4v) is 5.06. The van der Waals surface area contributed by atoms with E-state index in [2.05, 4.69) is 4.98 Å². The molecule has 2 aliphatic rings. The van der Waals surface area contributed by atoms with Gasteiger partial charge in [-0.25, -0.2) is 4.79 Å². The van der Waals surface area contributed by atoms with Crippen LogP contribution in [0.2, 0.25) is 0 Å². The number of rotatable bonds is 5. The quantitative estimate of drug-likeness (QED) is 0.519. The van der Waals surface area contributed by atoms with Gasteiger partial charge in [0.1, 0.15) is 5.03 Å². The number of hydrogen-bond acceptors (Lipinski definition) is 4. The van der Waals surface area contributed by atoms with E-state index in [-0.39, 0.29) is 11.8 Å². The topological polar surface area (TPSA) is 44.1 Å². The van der Waals surface area contributed by atoms with Crippen molar-refractivity contribution in [3.63, 3.8) is 0 Å². The molecule has 29 heavy (non-hydrogen) atoms. The standard InChI is InChI=1S/C21H23F3N2O2S/c22-21(23,24)15-6-3-5-14(11-15)13-29-19-17-8-1-2-9-18(17)26(20(27)25-19)12-16-7-4-10-28-16/h3,5-6,11,16H,1-2,4,7-10,12-13H2. The van der Waals surface area contributed by atoms with E-state index in [9.17, 15) is 18.0 Å². The number of hydrogen-bond donors (Lipinski definition) is 0. The SMILES string of the molecule is O=c1nc(SCc2cccc(C(F)(F)F)c2)c2c(n1CC1CCCO1)CCCC2. The molecule has 0 N–H and O–H groups in total. The van der Waals surface area contributed by atoms with Gasteiger partial charge in [-0.05, 0) is 50.2 Å². The van der Waals surface area contributed by atoms with Gasteiger partial charge in [0.15, 0.2) is 0 Å². The van der Waals surface area contributed by atoms with Crippen LogP contribution in [0.25, 0.3) is 0 Å². The van der Waals surface area contributed by atoms with Crippen molar-refractivity contribution in [2.75, 3.05) is 6.61 Å². The lowest BCUT2D eigenvalue weighted by atomic mass is 9.97. The summed E-state index contributed by atoms with van der Waals surface area (Å²) in [5.74, 6) is 0.346. The van der Waals surface area contributed by atoms with Gasteiger partial charge in [0.2, 0.25) is 0 Å². The highest BCUT2D eigenvalue weighted by atomic mass is 32.2. The van der Waals surface area contributed by atoms with Gasteiger partial charge in [0.05, 0.1) is 18.2 Å². The molecule has 156 valence electrons. The molecular formula is C21H23F3N2O2S.